The number of aromatic nitrogens is 1. The van der Waals surface area contributed by atoms with Crippen LogP contribution < -0.4 is 5.32 Å². The lowest BCUT2D eigenvalue weighted by molar-refractivity contribution is -0.135. The van der Waals surface area contributed by atoms with E-state index in [0.717, 1.165) is 16.5 Å². The SMILES string of the molecule is O=C(O)CNCc1cnc2ccccc2c1. The van der Waals surface area contributed by atoms with Gasteiger partial charge in [0.2, 0.25) is 0 Å². The molecular weight excluding hydrogens is 204 g/mol. The van der Waals surface area contributed by atoms with Crippen molar-refractivity contribution in [3.63, 3.8) is 0 Å². The number of nitrogens with one attached hydrogen (secondary N) is 1. The lowest BCUT2D eigenvalue weighted by atomic mass is 10.1. The van der Waals surface area contributed by atoms with Crippen LogP contribution in [0.4, 0.5) is 0 Å². The molecule has 16 heavy (non-hydrogen) atoms. The van der Waals surface area contributed by atoms with Crippen molar-refractivity contribution in [3.8, 4) is 0 Å². The fraction of sp³-hybridized carbons (Fsp3) is 0.167. The molecule has 0 atom stereocenters. The molecule has 0 aliphatic heterocycles. The van der Waals surface area contributed by atoms with Gasteiger partial charge in [-0.2, -0.15) is 0 Å². The van der Waals surface area contributed by atoms with Gasteiger partial charge in [0.05, 0.1) is 12.1 Å². The number of carboxylic acid groups (broad SMARTS) is 1. The molecule has 0 saturated carbocycles. The van der Waals surface area contributed by atoms with Crippen molar-refractivity contribution < 1.29 is 9.90 Å². The molecule has 2 rings (SSSR count). The molecule has 0 aliphatic rings. The van der Waals surface area contributed by atoms with Crippen LogP contribution in [0.3, 0.4) is 0 Å². The highest BCUT2D eigenvalue weighted by molar-refractivity contribution is 5.78. The molecule has 4 nitrogen and oxygen atoms in total. The summed E-state index contributed by atoms with van der Waals surface area (Å²) in [6.07, 6.45) is 1.76. The zero-order chi connectivity index (χ0) is 11.4. The maximum Gasteiger partial charge on any atom is 0.317 e. The molecule has 0 bridgehead atoms. The topological polar surface area (TPSA) is 62.2 Å². The van der Waals surface area contributed by atoms with Gasteiger partial charge in [0, 0.05) is 18.1 Å². The second-order valence-corrected chi connectivity index (χ2v) is 3.53. The van der Waals surface area contributed by atoms with Crippen LogP contribution in [0.1, 0.15) is 5.56 Å². The van der Waals surface area contributed by atoms with E-state index in [1.165, 1.54) is 0 Å². The van der Waals surface area contributed by atoms with E-state index in [4.69, 9.17) is 5.11 Å². The summed E-state index contributed by atoms with van der Waals surface area (Å²) in [5.41, 5.74) is 1.93. The minimum atomic E-state index is -0.853. The van der Waals surface area contributed by atoms with Crippen LogP contribution in [0.25, 0.3) is 10.9 Å². The molecule has 0 aliphatic carbocycles. The number of benzene rings is 1. The quantitative estimate of drug-likeness (QED) is 0.811. The van der Waals surface area contributed by atoms with Gasteiger partial charge in [-0.3, -0.25) is 9.78 Å². The summed E-state index contributed by atoms with van der Waals surface area (Å²) in [6, 6.07) is 9.85. The van der Waals surface area contributed by atoms with Crippen LogP contribution in [0.2, 0.25) is 0 Å². The molecule has 0 unspecified atom stereocenters. The normalized spacial score (nSPS) is 10.5. The molecule has 2 aromatic rings. The molecule has 4 heteroatoms. The molecule has 1 aromatic carbocycles. The van der Waals surface area contributed by atoms with Gasteiger partial charge in [-0.15, -0.1) is 0 Å². The molecule has 0 saturated heterocycles. The summed E-state index contributed by atoms with van der Waals surface area (Å²) in [5.74, 6) is -0.853. The molecular formula is C12H12N2O2. The van der Waals surface area contributed by atoms with E-state index >= 15 is 0 Å². The van der Waals surface area contributed by atoms with E-state index in [2.05, 4.69) is 10.3 Å². The molecule has 2 N–H and O–H groups in total. The minimum Gasteiger partial charge on any atom is -0.480 e. The summed E-state index contributed by atoms with van der Waals surface area (Å²) in [7, 11) is 0. The molecule has 0 amide bonds. The Labute approximate surface area is 92.9 Å². The van der Waals surface area contributed by atoms with Crippen LogP contribution in [0.15, 0.2) is 36.5 Å². The van der Waals surface area contributed by atoms with Gasteiger partial charge < -0.3 is 10.4 Å². The Balaban J connectivity index is 2.10. The number of hydrogen-bond acceptors (Lipinski definition) is 3. The second-order valence-electron chi connectivity index (χ2n) is 3.53. The first kappa shape index (κ1) is 10.6. The van der Waals surface area contributed by atoms with Crippen LogP contribution >= 0.6 is 0 Å². The predicted molar refractivity (Wildman–Crippen MR) is 61.1 cm³/mol. The summed E-state index contributed by atoms with van der Waals surface area (Å²) in [5, 5.41) is 12.4. The van der Waals surface area contributed by atoms with E-state index in [1.54, 1.807) is 6.20 Å². The first-order chi connectivity index (χ1) is 7.75. The Morgan fingerprint density at radius 3 is 3.00 bits per heavy atom. The minimum absolute atomic E-state index is 0.0349. The third-order valence-corrected chi connectivity index (χ3v) is 2.25. The summed E-state index contributed by atoms with van der Waals surface area (Å²) < 4.78 is 0. The lowest BCUT2D eigenvalue weighted by Gasteiger charge is -2.03. The Morgan fingerprint density at radius 1 is 1.38 bits per heavy atom. The Kier molecular flexibility index (Phi) is 3.12. The van der Waals surface area contributed by atoms with Crippen LogP contribution in [0.5, 0.6) is 0 Å². The highest BCUT2D eigenvalue weighted by Crippen LogP contribution is 2.12. The molecule has 0 spiro atoms. The number of para-hydroxylation sites is 1. The van der Waals surface area contributed by atoms with Gasteiger partial charge in [0.15, 0.2) is 0 Å². The van der Waals surface area contributed by atoms with Crippen LogP contribution in [-0.2, 0) is 11.3 Å². The highest BCUT2D eigenvalue weighted by atomic mass is 16.4. The van der Waals surface area contributed by atoms with Crippen molar-refractivity contribution in [3.05, 3.63) is 42.1 Å². The van der Waals surface area contributed by atoms with Gasteiger partial charge in [-0.1, -0.05) is 18.2 Å². The number of carboxylic acids is 1. The van der Waals surface area contributed by atoms with Gasteiger partial charge >= 0.3 is 5.97 Å². The highest BCUT2D eigenvalue weighted by Gasteiger charge is 1.99. The third-order valence-electron chi connectivity index (χ3n) is 2.25. The van der Waals surface area contributed by atoms with Gasteiger partial charge in [-0.05, 0) is 17.7 Å². The summed E-state index contributed by atoms with van der Waals surface area (Å²) in [4.78, 5) is 14.6. The van der Waals surface area contributed by atoms with Crippen LogP contribution in [0, 0.1) is 0 Å². The number of hydrogen-bond donors (Lipinski definition) is 2. The summed E-state index contributed by atoms with van der Waals surface area (Å²) in [6.45, 7) is 0.483. The first-order valence-corrected chi connectivity index (χ1v) is 5.02. The van der Waals surface area contributed by atoms with Crippen molar-refractivity contribution >= 4 is 16.9 Å². The fourth-order valence-electron chi connectivity index (χ4n) is 1.53. The van der Waals surface area contributed by atoms with E-state index < -0.39 is 5.97 Å². The Morgan fingerprint density at radius 2 is 2.19 bits per heavy atom. The average molecular weight is 216 g/mol. The largest absolute Gasteiger partial charge is 0.480 e. The maximum atomic E-state index is 10.3. The molecule has 1 heterocycles. The van der Waals surface area contributed by atoms with Gasteiger partial charge in [0.1, 0.15) is 0 Å². The number of carbonyl (C=O) groups is 1. The van der Waals surface area contributed by atoms with Crippen molar-refractivity contribution in [2.24, 2.45) is 0 Å². The zero-order valence-corrected chi connectivity index (χ0v) is 8.68. The number of nitrogens with zero attached hydrogens (tertiary/aromatic N) is 1. The smallest absolute Gasteiger partial charge is 0.317 e. The predicted octanol–water partition coefficient (Wildman–Crippen LogP) is 1.41. The fourth-order valence-corrected chi connectivity index (χ4v) is 1.53. The third kappa shape index (κ3) is 2.55. The van der Waals surface area contributed by atoms with Crippen molar-refractivity contribution in [2.75, 3.05) is 6.54 Å². The molecule has 82 valence electrons. The van der Waals surface area contributed by atoms with Crippen molar-refractivity contribution in [1.29, 1.82) is 0 Å². The maximum absolute atomic E-state index is 10.3. The molecule has 0 fully saturated rings. The van der Waals surface area contributed by atoms with Crippen molar-refractivity contribution in [2.45, 2.75) is 6.54 Å². The van der Waals surface area contributed by atoms with E-state index in [0.29, 0.717) is 6.54 Å². The van der Waals surface area contributed by atoms with E-state index in [-0.39, 0.29) is 6.54 Å². The molecule has 0 radical (unpaired) electrons. The number of fused-ring (bicyclic) bond motifs is 1. The van der Waals surface area contributed by atoms with E-state index in [9.17, 15) is 4.79 Å². The monoisotopic (exact) mass is 216 g/mol. The first-order valence-electron chi connectivity index (χ1n) is 5.02. The summed E-state index contributed by atoms with van der Waals surface area (Å²) >= 11 is 0. The van der Waals surface area contributed by atoms with Crippen molar-refractivity contribution in [1.82, 2.24) is 10.3 Å². The number of pyridine rings is 1. The van der Waals surface area contributed by atoms with Gasteiger partial charge in [0.25, 0.3) is 0 Å². The number of rotatable bonds is 4. The zero-order valence-electron chi connectivity index (χ0n) is 8.68. The Bertz CT molecular complexity index is 511. The Hall–Kier alpha value is -1.94. The molecule has 1 aromatic heterocycles. The van der Waals surface area contributed by atoms with Gasteiger partial charge in [-0.25, -0.2) is 0 Å². The van der Waals surface area contributed by atoms with E-state index in [1.807, 2.05) is 30.3 Å². The average Bonchev–Trinajstić information content (AvgIpc) is 2.28. The number of aliphatic carboxylic acids is 1. The van der Waals surface area contributed by atoms with Crippen LogP contribution in [-0.4, -0.2) is 22.6 Å². The lowest BCUT2D eigenvalue weighted by Crippen LogP contribution is -2.21. The second kappa shape index (κ2) is 4.72. The standard InChI is InChI=1S/C12H12N2O2/c15-12(16)8-13-6-9-5-10-3-1-2-4-11(10)14-7-9/h1-5,7,13H,6,8H2,(H,15,16).